The van der Waals surface area contributed by atoms with Crippen LogP contribution in [0, 0.1) is 5.92 Å². The van der Waals surface area contributed by atoms with Crippen LogP contribution in [0.2, 0.25) is 0 Å². The molecular formula is C20H26N4O2. The fraction of sp³-hybridized carbons (Fsp3) is 0.500. The summed E-state index contributed by atoms with van der Waals surface area (Å²) in [6, 6.07) is 7.71. The van der Waals surface area contributed by atoms with Gasteiger partial charge in [-0.3, -0.25) is 9.59 Å². The molecule has 2 N–H and O–H groups in total. The Morgan fingerprint density at radius 3 is 2.88 bits per heavy atom. The lowest BCUT2D eigenvalue weighted by Crippen LogP contribution is -2.44. The number of rotatable bonds is 3. The van der Waals surface area contributed by atoms with Gasteiger partial charge in [0.25, 0.3) is 5.91 Å². The molecule has 0 spiro atoms. The third kappa shape index (κ3) is 3.33. The third-order valence-corrected chi connectivity index (χ3v) is 5.64. The van der Waals surface area contributed by atoms with Gasteiger partial charge in [-0.1, -0.05) is 12.1 Å². The van der Waals surface area contributed by atoms with Crippen LogP contribution in [0.5, 0.6) is 0 Å². The zero-order valence-electron chi connectivity index (χ0n) is 15.2. The summed E-state index contributed by atoms with van der Waals surface area (Å²) in [5, 5.41) is 4.14. The standard InChI is InChI=1S/C20H26N4O2/c1-23-10-3-5-15(12-23)20(26)24-11-8-16(13-24)22-19(25)17-6-2-4-14-7-9-21-18(14)17/h2,4,6-7,9,15-16,21H,3,5,8,10-13H2,1H3,(H,22,25)/t15?,16-/m1/s1. The molecule has 138 valence electrons. The number of hydrogen-bond donors (Lipinski definition) is 2. The van der Waals surface area contributed by atoms with E-state index in [1.807, 2.05) is 35.4 Å². The second kappa shape index (κ2) is 7.11. The summed E-state index contributed by atoms with van der Waals surface area (Å²) in [4.78, 5) is 32.8. The summed E-state index contributed by atoms with van der Waals surface area (Å²) in [6.45, 7) is 3.27. The predicted molar refractivity (Wildman–Crippen MR) is 101 cm³/mol. The lowest BCUT2D eigenvalue weighted by atomic mass is 9.97. The molecule has 2 aliphatic heterocycles. The van der Waals surface area contributed by atoms with Crippen molar-refractivity contribution in [3.8, 4) is 0 Å². The number of nitrogens with one attached hydrogen (secondary N) is 2. The number of carbonyl (C=O) groups is 2. The van der Waals surface area contributed by atoms with E-state index in [9.17, 15) is 9.59 Å². The largest absolute Gasteiger partial charge is 0.361 e. The molecule has 6 heteroatoms. The van der Waals surface area contributed by atoms with E-state index in [0.29, 0.717) is 12.1 Å². The Bertz CT molecular complexity index is 815. The number of likely N-dealkylation sites (tertiary alicyclic amines) is 2. The molecule has 2 aliphatic rings. The van der Waals surface area contributed by atoms with E-state index >= 15 is 0 Å². The van der Waals surface area contributed by atoms with Crippen LogP contribution in [0.15, 0.2) is 30.5 Å². The molecule has 0 aliphatic carbocycles. The molecule has 2 saturated heterocycles. The number of piperidine rings is 1. The zero-order valence-corrected chi connectivity index (χ0v) is 15.2. The summed E-state index contributed by atoms with van der Waals surface area (Å²) >= 11 is 0. The Morgan fingerprint density at radius 1 is 1.15 bits per heavy atom. The molecular weight excluding hydrogens is 328 g/mol. The summed E-state index contributed by atoms with van der Waals surface area (Å²) in [6.07, 6.45) is 4.73. The first-order chi connectivity index (χ1) is 12.6. The molecule has 2 aromatic rings. The number of hydrogen-bond acceptors (Lipinski definition) is 3. The predicted octanol–water partition coefficient (Wildman–Crippen LogP) is 1.84. The Labute approximate surface area is 153 Å². The third-order valence-electron chi connectivity index (χ3n) is 5.64. The topological polar surface area (TPSA) is 68.4 Å². The summed E-state index contributed by atoms with van der Waals surface area (Å²) in [7, 11) is 2.08. The van der Waals surface area contributed by atoms with Crippen LogP contribution in [-0.4, -0.2) is 65.9 Å². The maximum absolute atomic E-state index is 12.8. The Kier molecular flexibility index (Phi) is 4.68. The van der Waals surface area contributed by atoms with Gasteiger partial charge in [0.1, 0.15) is 0 Å². The highest BCUT2D eigenvalue weighted by Crippen LogP contribution is 2.21. The molecule has 2 fully saturated rings. The van der Waals surface area contributed by atoms with Crippen molar-refractivity contribution < 1.29 is 9.59 Å². The number of para-hydroxylation sites is 1. The SMILES string of the molecule is CN1CCCC(C(=O)N2CC[C@@H](NC(=O)c3cccc4cc[nH]c34)C2)C1. The normalized spacial score (nSPS) is 24.1. The highest BCUT2D eigenvalue weighted by molar-refractivity contribution is 6.05. The molecule has 0 bridgehead atoms. The minimum Gasteiger partial charge on any atom is -0.361 e. The summed E-state index contributed by atoms with van der Waals surface area (Å²) < 4.78 is 0. The summed E-state index contributed by atoms with van der Waals surface area (Å²) in [5.41, 5.74) is 1.52. The highest BCUT2D eigenvalue weighted by atomic mass is 16.2. The second-order valence-electron chi connectivity index (χ2n) is 7.59. The Hall–Kier alpha value is -2.34. The highest BCUT2D eigenvalue weighted by Gasteiger charge is 2.33. The van der Waals surface area contributed by atoms with E-state index in [0.717, 1.165) is 49.8 Å². The molecule has 2 atom stereocenters. The monoisotopic (exact) mass is 354 g/mol. The number of carbonyl (C=O) groups excluding carboxylic acids is 2. The quantitative estimate of drug-likeness (QED) is 0.884. The fourth-order valence-corrected chi connectivity index (χ4v) is 4.24. The smallest absolute Gasteiger partial charge is 0.253 e. The average molecular weight is 354 g/mol. The molecule has 1 aromatic heterocycles. The summed E-state index contributed by atoms with van der Waals surface area (Å²) in [5.74, 6) is 0.283. The van der Waals surface area contributed by atoms with Crippen molar-refractivity contribution in [2.24, 2.45) is 5.92 Å². The van der Waals surface area contributed by atoms with Gasteiger partial charge in [0.05, 0.1) is 17.0 Å². The Balaban J connectivity index is 1.37. The number of H-pyrrole nitrogens is 1. The minimum atomic E-state index is -0.0743. The van der Waals surface area contributed by atoms with Gasteiger partial charge < -0.3 is 20.1 Å². The molecule has 2 amide bonds. The van der Waals surface area contributed by atoms with E-state index in [1.165, 1.54) is 0 Å². The van der Waals surface area contributed by atoms with Crippen LogP contribution in [0.1, 0.15) is 29.6 Å². The number of benzene rings is 1. The number of amides is 2. The average Bonchev–Trinajstić information content (AvgIpc) is 3.29. The van der Waals surface area contributed by atoms with Gasteiger partial charge >= 0.3 is 0 Å². The first kappa shape index (κ1) is 17.1. The molecule has 1 aromatic carbocycles. The van der Waals surface area contributed by atoms with Crippen LogP contribution in [-0.2, 0) is 4.79 Å². The van der Waals surface area contributed by atoms with Crippen molar-refractivity contribution >= 4 is 22.7 Å². The minimum absolute atomic E-state index is 0.0259. The molecule has 0 radical (unpaired) electrons. The van der Waals surface area contributed by atoms with Crippen LogP contribution >= 0.6 is 0 Å². The van der Waals surface area contributed by atoms with Crippen molar-refractivity contribution in [3.63, 3.8) is 0 Å². The van der Waals surface area contributed by atoms with Crippen LogP contribution < -0.4 is 5.32 Å². The van der Waals surface area contributed by atoms with Gasteiger partial charge in [-0.05, 0) is 45.0 Å². The lowest BCUT2D eigenvalue weighted by Gasteiger charge is -2.31. The van der Waals surface area contributed by atoms with Crippen molar-refractivity contribution in [2.45, 2.75) is 25.3 Å². The van der Waals surface area contributed by atoms with Crippen LogP contribution in [0.3, 0.4) is 0 Å². The van der Waals surface area contributed by atoms with Crippen molar-refractivity contribution in [2.75, 3.05) is 33.2 Å². The molecule has 3 heterocycles. The van der Waals surface area contributed by atoms with Crippen molar-refractivity contribution in [1.82, 2.24) is 20.1 Å². The molecule has 6 nitrogen and oxygen atoms in total. The van der Waals surface area contributed by atoms with Crippen LogP contribution in [0.4, 0.5) is 0 Å². The fourth-order valence-electron chi connectivity index (χ4n) is 4.24. The number of aromatic nitrogens is 1. The van der Waals surface area contributed by atoms with Crippen molar-refractivity contribution in [1.29, 1.82) is 0 Å². The van der Waals surface area contributed by atoms with E-state index in [-0.39, 0.29) is 23.8 Å². The van der Waals surface area contributed by atoms with Gasteiger partial charge in [-0.2, -0.15) is 0 Å². The van der Waals surface area contributed by atoms with Crippen LogP contribution in [0.25, 0.3) is 10.9 Å². The maximum Gasteiger partial charge on any atom is 0.253 e. The zero-order chi connectivity index (χ0) is 18.1. The van der Waals surface area contributed by atoms with Crippen molar-refractivity contribution in [3.05, 3.63) is 36.0 Å². The first-order valence-corrected chi connectivity index (χ1v) is 9.46. The maximum atomic E-state index is 12.8. The van der Waals surface area contributed by atoms with Gasteiger partial charge in [0.15, 0.2) is 0 Å². The van der Waals surface area contributed by atoms with E-state index in [2.05, 4.69) is 22.2 Å². The Morgan fingerprint density at radius 2 is 2.04 bits per heavy atom. The van der Waals surface area contributed by atoms with Gasteiger partial charge in [-0.25, -0.2) is 0 Å². The van der Waals surface area contributed by atoms with Gasteiger partial charge in [0.2, 0.25) is 5.91 Å². The van der Waals surface area contributed by atoms with E-state index in [4.69, 9.17) is 0 Å². The molecule has 26 heavy (non-hydrogen) atoms. The van der Waals surface area contributed by atoms with Gasteiger partial charge in [0, 0.05) is 37.3 Å². The van der Waals surface area contributed by atoms with E-state index < -0.39 is 0 Å². The number of fused-ring (bicyclic) bond motifs is 1. The number of nitrogens with zero attached hydrogens (tertiary/aromatic N) is 2. The number of aromatic amines is 1. The first-order valence-electron chi connectivity index (χ1n) is 9.46. The van der Waals surface area contributed by atoms with E-state index in [1.54, 1.807) is 0 Å². The lowest BCUT2D eigenvalue weighted by molar-refractivity contribution is -0.136. The van der Waals surface area contributed by atoms with Gasteiger partial charge in [-0.15, -0.1) is 0 Å². The molecule has 0 saturated carbocycles. The second-order valence-corrected chi connectivity index (χ2v) is 7.59. The molecule has 4 rings (SSSR count). The molecule has 1 unspecified atom stereocenters.